The lowest BCUT2D eigenvalue weighted by Crippen LogP contribution is -2.49. The zero-order valence-electron chi connectivity index (χ0n) is 14.3. The molecule has 1 aromatic rings. The van der Waals surface area contributed by atoms with Gasteiger partial charge in [0.25, 0.3) is 0 Å². The number of hydrogen-bond donors (Lipinski definition) is 1. The Morgan fingerprint density at radius 2 is 2.12 bits per heavy atom. The lowest BCUT2D eigenvalue weighted by atomic mass is 10.1. The first-order chi connectivity index (χ1) is 12.4. The van der Waals surface area contributed by atoms with Crippen molar-refractivity contribution in [1.82, 2.24) is 14.2 Å². The van der Waals surface area contributed by atoms with Crippen LogP contribution >= 0.6 is 0 Å². The number of nitrogens with two attached hydrogens (primary N) is 1. The van der Waals surface area contributed by atoms with E-state index in [0.29, 0.717) is 25.3 Å². The molecular weight excluding hydrogens is 356 g/mol. The largest absolute Gasteiger partial charge is 0.330 e. The minimum Gasteiger partial charge on any atom is -0.330 e. The number of pyridine rings is 1. The molecule has 26 heavy (non-hydrogen) atoms. The number of nitrogens with zero attached hydrogens (tertiary/aromatic N) is 3. The van der Waals surface area contributed by atoms with Gasteiger partial charge in [-0.3, -0.25) is 14.6 Å². The summed E-state index contributed by atoms with van der Waals surface area (Å²) in [5.74, 6) is 0.0272. The standard InChI is InChI=1S/C17H22N4O4S/c18-13(8-11-3-4-11)17(23)20-7-5-14-16(20)15(22)10-21(14)26(24,25)12-2-1-6-19-9-12/h1-2,6,9,11,13-14,16H,3-5,7-8,10,18H2. The van der Waals surface area contributed by atoms with Gasteiger partial charge in [-0.25, -0.2) is 8.42 Å². The maximum atomic E-state index is 12.9. The monoisotopic (exact) mass is 378 g/mol. The summed E-state index contributed by atoms with van der Waals surface area (Å²) in [6.07, 6.45) is 6.05. The third kappa shape index (κ3) is 2.93. The number of carbonyl (C=O) groups excluding carboxylic acids is 2. The van der Waals surface area contributed by atoms with Gasteiger partial charge >= 0.3 is 0 Å². The molecule has 2 aliphatic heterocycles. The first-order valence-electron chi connectivity index (χ1n) is 8.90. The van der Waals surface area contributed by atoms with Crippen LogP contribution in [0.25, 0.3) is 0 Å². The number of rotatable bonds is 5. The van der Waals surface area contributed by atoms with Crippen molar-refractivity contribution < 1.29 is 18.0 Å². The van der Waals surface area contributed by atoms with Crippen LogP contribution in [0.5, 0.6) is 0 Å². The Morgan fingerprint density at radius 1 is 1.35 bits per heavy atom. The van der Waals surface area contributed by atoms with E-state index in [9.17, 15) is 18.0 Å². The molecule has 3 atom stereocenters. The summed E-state index contributed by atoms with van der Waals surface area (Å²) < 4.78 is 27.0. The fraction of sp³-hybridized carbons (Fsp3) is 0.588. The Kier molecular flexibility index (Phi) is 4.32. The van der Waals surface area contributed by atoms with Crippen molar-refractivity contribution >= 4 is 21.7 Å². The number of carbonyl (C=O) groups is 2. The summed E-state index contributed by atoms with van der Waals surface area (Å²) in [6, 6.07) is 1.15. The molecule has 1 amide bonds. The highest BCUT2D eigenvalue weighted by Crippen LogP contribution is 2.36. The molecule has 1 aliphatic carbocycles. The fourth-order valence-corrected chi connectivity index (χ4v) is 5.59. The molecule has 0 aromatic carbocycles. The molecule has 9 heteroatoms. The van der Waals surface area contributed by atoms with E-state index in [-0.39, 0.29) is 23.1 Å². The zero-order chi connectivity index (χ0) is 18.5. The van der Waals surface area contributed by atoms with Crippen LogP contribution in [0.2, 0.25) is 0 Å². The number of Topliss-reactive ketones (excluding diaryl/α,β-unsaturated/α-hetero) is 1. The molecule has 4 rings (SSSR count). The van der Waals surface area contributed by atoms with Crippen LogP contribution in [-0.2, 0) is 19.6 Å². The molecule has 2 N–H and O–H groups in total. The Hall–Kier alpha value is -1.84. The van der Waals surface area contributed by atoms with Gasteiger partial charge in [-0.05, 0) is 30.9 Å². The summed E-state index contributed by atoms with van der Waals surface area (Å²) in [7, 11) is -3.82. The van der Waals surface area contributed by atoms with Crippen molar-refractivity contribution in [1.29, 1.82) is 0 Å². The molecule has 3 fully saturated rings. The van der Waals surface area contributed by atoms with Crippen LogP contribution in [0.15, 0.2) is 29.4 Å². The normalized spacial score (nSPS) is 27.6. The minimum absolute atomic E-state index is 0.0589. The van der Waals surface area contributed by atoms with Gasteiger partial charge in [0, 0.05) is 18.9 Å². The third-order valence-corrected chi connectivity index (χ3v) is 7.36. The summed E-state index contributed by atoms with van der Waals surface area (Å²) in [5, 5.41) is 0. The average Bonchev–Trinajstić information content (AvgIpc) is 3.23. The number of amides is 1. The van der Waals surface area contributed by atoms with Crippen molar-refractivity contribution in [3.8, 4) is 0 Å². The van der Waals surface area contributed by atoms with Gasteiger partial charge in [0.05, 0.1) is 18.6 Å². The summed E-state index contributed by atoms with van der Waals surface area (Å²) in [6.45, 7) is 0.144. The second-order valence-corrected chi connectivity index (χ2v) is 9.21. The first kappa shape index (κ1) is 17.6. The van der Waals surface area contributed by atoms with Crippen LogP contribution in [-0.4, -0.2) is 65.5 Å². The minimum atomic E-state index is -3.82. The Morgan fingerprint density at radius 3 is 2.77 bits per heavy atom. The van der Waals surface area contributed by atoms with Crippen molar-refractivity contribution in [2.45, 2.75) is 48.7 Å². The molecule has 3 aliphatic rings. The highest BCUT2D eigenvalue weighted by atomic mass is 32.2. The molecule has 1 aromatic heterocycles. The quantitative estimate of drug-likeness (QED) is 0.756. The summed E-state index contributed by atoms with van der Waals surface area (Å²) in [5.41, 5.74) is 6.04. The van der Waals surface area contributed by atoms with Crippen LogP contribution in [0.4, 0.5) is 0 Å². The number of aromatic nitrogens is 1. The molecule has 0 bridgehead atoms. The number of likely N-dealkylation sites (tertiary alicyclic amines) is 1. The van der Waals surface area contributed by atoms with Crippen molar-refractivity contribution in [2.24, 2.45) is 11.7 Å². The Balaban J connectivity index is 1.55. The van der Waals surface area contributed by atoms with Crippen molar-refractivity contribution in [3.05, 3.63) is 24.5 Å². The fourth-order valence-electron chi connectivity index (χ4n) is 4.00. The topological polar surface area (TPSA) is 114 Å². The lowest BCUT2D eigenvalue weighted by molar-refractivity contribution is -0.137. The first-order valence-corrected chi connectivity index (χ1v) is 10.3. The number of sulfonamides is 1. The van der Waals surface area contributed by atoms with E-state index >= 15 is 0 Å². The lowest BCUT2D eigenvalue weighted by Gasteiger charge is -2.26. The average molecular weight is 378 g/mol. The van der Waals surface area contributed by atoms with E-state index in [1.54, 1.807) is 6.07 Å². The molecule has 3 unspecified atom stereocenters. The van der Waals surface area contributed by atoms with Gasteiger partial charge < -0.3 is 10.6 Å². The van der Waals surface area contributed by atoms with Crippen molar-refractivity contribution in [2.75, 3.05) is 13.1 Å². The maximum Gasteiger partial charge on any atom is 0.245 e. The second-order valence-electron chi connectivity index (χ2n) is 7.32. The number of hydrogen-bond acceptors (Lipinski definition) is 6. The summed E-state index contributed by atoms with van der Waals surface area (Å²) in [4.78, 5) is 30.7. The molecule has 2 saturated heterocycles. The molecule has 0 radical (unpaired) electrons. The van der Waals surface area contributed by atoms with E-state index in [0.717, 1.165) is 12.8 Å². The number of ketones is 1. The maximum absolute atomic E-state index is 12.9. The molecule has 1 saturated carbocycles. The van der Waals surface area contributed by atoms with Crippen LogP contribution in [0, 0.1) is 5.92 Å². The smallest absolute Gasteiger partial charge is 0.245 e. The molecule has 140 valence electrons. The third-order valence-electron chi connectivity index (χ3n) is 5.50. The zero-order valence-corrected chi connectivity index (χ0v) is 15.1. The predicted octanol–water partition coefficient (Wildman–Crippen LogP) is -0.248. The van der Waals surface area contributed by atoms with E-state index in [1.165, 1.54) is 27.7 Å². The Bertz CT molecular complexity index is 824. The predicted molar refractivity (Wildman–Crippen MR) is 92.4 cm³/mol. The van der Waals surface area contributed by atoms with Gasteiger partial charge in [-0.1, -0.05) is 12.8 Å². The van der Waals surface area contributed by atoms with Gasteiger partial charge in [-0.15, -0.1) is 0 Å². The molecule has 0 spiro atoms. The highest BCUT2D eigenvalue weighted by Gasteiger charge is 2.54. The summed E-state index contributed by atoms with van der Waals surface area (Å²) >= 11 is 0. The molecular formula is C17H22N4O4S. The molecule has 3 heterocycles. The van der Waals surface area contributed by atoms with Gasteiger partial charge in [0.1, 0.15) is 10.9 Å². The van der Waals surface area contributed by atoms with Crippen LogP contribution in [0.1, 0.15) is 25.7 Å². The van der Waals surface area contributed by atoms with Gasteiger partial charge in [0.15, 0.2) is 5.78 Å². The van der Waals surface area contributed by atoms with Gasteiger partial charge in [0.2, 0.25) is 15.9 Å². The second kappa shape index (κ2) is 6.40. The van der Waals surface area contributed by atoms with E-state index in [1.807, 2.05) is 0 Å². The van der Waals surface area contributed by atoms with Crippen LogP contribution < -0.4 is 5.73 Å². The number of fused-ring (bicyclic) bond motifs is 1. The highest BCUT2D eigenvalue weighted by molar-refractivity contribution is 7.89. The van der Waals surface area contributed by atoms with Crippen LogP contribution in [0.3, 0.4) is 0 Å². The van der Waals surface area contributed by atoms with E-state index in [4.69, 9.17) is 5.73 Å². The molecule has 8 nitrogen and oxygen atoms in total. The van der Waals surface area contributed by atoms with Gasteiger partial charge in [-0.2, -0.15) is 4.31 Å². The SMILES string of the molecule is NC(CC1CC1)C(=O)N1CCC2C1C(=O)CN2S(=O)(=O)c1cccnc1. The van der Waals surface area contributed by atoms with E-state index in [2.05, 4.69) is 4.98 Å². The van der Waals surface area contributed by atoms with Crippen molar-refractivity contribution in [3.63, 3.8) is 0 Å². The Labute approximate surface area is 152 Å². The van der Waals surface area contributed by atoms with E-state index < -0.39 is 28.1 Å².